The van der Waals surface area contributed by atoms with E-state index < -0.39 is 5.41 Å². The summed E-state index contributed by atoms with van der Waals surface area (Å²) in [7, 11) is 0. The van der Waals surface area contributed by atoms with Crippen molar-refractivity contribution in [3.8, 4) is 27.9 Å². The third kappa shape index (κ3) is 5.79. The van der Waals surface area contributed by atoms with Crippen molar-refractivity contribution in [2.24, 2.45) is 0 Å². The zero-order chi connectivity index (χ0) is 45.5. The summed E-state index contributed by atoms with van der Waals surface area (Å²) in [6, 6.07) is 98.9. The average Bonchev–Trinajstić information content (AvgIpc) is 3.93. The Kier molecular flexibility index (Phi) is 8.84. The number of fused-ring (bicyclic) bond motifs is 11. The Bertz CT molecular complexity index is 4080. The first kappa shape index (κ1) is 39.2. The lowest BCUT2D eigenvalue weighted by molar-refractivity contribution is 0.768. The molecule has 12 aromatic carbocycles. The summed E-state index contributed by atoms with van der Waals surface area (Å²) in [6.45, 7) is 0. The van der Waals surface area contributed by atoms with Crippen LogP contribution in [0.1, 0.15) is 22.3 Å². The molecule has 0 atom stereocenters. The highest BCUT2D eigenvalue weighted by Gasteiger charge is 2.47. The van der Waals surface area contributed by atoms with Gasteiger partial charge in [0.15, 0.2) is 0 Å². The van der Waals surface area contributed by atoms with Gasteiger partial charge in [-0.25, -0.2) is 0 Å². The maximum Gasteiger partial charge on any atom is 0.0714 e. The molecule has 69 heavy (non-hydrogen) atoms. The van der Waals surface area contributed by atoms with Crippen molar-refractivity contribution in [2.75, 3.05) is 4.90 Å². The molecule has 13 aromatic rings. The van der Waals surface area contributed by atoms with Gasteiger partial charge in [0.1, 0.15) is 0 Å². The number of rotatable bonds is 7. The molecule has 0 N–H and O–H groups in total. The lowest BCUT2D eigenvalue weighted by Gasteiger charge is -2.34. The Morgan fingerprint density at radius 1 is 0.348 bits per heavy atom. The van der Waals surface area contributed by atoms with Gasteiger partial charge in [0, 0.05) is 32.8 Å². The van der Waals surface area contributed by atoms with Crippen molar-refractivity contribution in [3.05, 3.63) is 289 Å². The van der Waals surface area contributed by atoms with Crippen LogP contribution in [0.25, 0.3) is 82.1 Å². The zero-order valence-corrected chi connectivity index (χ0v) is 37.8. The Morgan fingerprint density at radius 3 is 1.64 bits per heavy atom. The fourth-order valence-corrected chi connectivity index (χ4v) is 12.0. The van der Waals surface area contributed by atoms with E-state index in [9.17, 15) is 0 Å². The predicted molar refractivity (Wildman–Crippen MR) is 291 cm³/mol. The first-order valence-electron chi connectivity index (χ1n) is 23.9. The van der Waals surface area contributed by atoms with Crippen LogP contribution in [0.4, 0.5) is 17.1 Å². The number of para-hydroxylation sites is 1. The van der Waals surface area contributed by atoms with Gasteiger partial charge in [-0.2, -0.15) is 0 Å². The molecule has 322 valence electrons. The van der Waals surface area contributed by atoms with Gasteiger partial charge in [0.05, 0.1) is 33.5 Å². The number of hydrogen-bond acceptors (Lipinski definition) is 1. The fraction of sp³-hybridized carbons (Fsp3) is 0.0149. The topological polar surface area (TPSA) is 8.17 Å². The van der Waals surface area contributed by atoms with Crippen molar-refractivity contribution in [1.29, 1.82) is 0 Å². The largest absolute Gasteiger partial charge is 0.309 e. The van der Waals surface area contributed by atoms with Crippen LogP contribution in [0.2, 0.25) is 0 Å². The molecule has 1 aliphatic carbocycles. The molecule has 1 heterocycles. The zero-order valence-electron chi connectivity index (χ0n) is 37.8. The molecular formula is C67H44N2. The minimum absolute atomic E-state index is 0.552. The van der Waals surface area contributed by atoms with E-state index in [0.29, 0.717) is 0 Å². The molecule has 2 heteroatoms. The summed E-state index contributed by atoms with van der Waals surface area (Å²) in [5, 5.41) is 9.70. The van der Waals surface area contributed by atoms with Crippen molar-refractivity contribution in [3.63, 3.8) is 0 Å². The van der Waals surface area contributed by atoms with Crippen LogP contribution in [0.15, 0.2) is 267 Å². The highest BCUT2D eigenvalue weighted by Crippen LogP contribution is 2.60. The van der Waals surface area contributed by atoms with E-state index in [-0.39, 0.29) is 0 Å². The lowest BCUT2D eigenvalue weighted by Crippen LogP contribution is -2.28. The van der Waals surface area contributed by atoms with Crippen molar-refractivity contribution >= 4 is 71.2 Å². The van der Waals surface area contributed by atoms with E-state index in [1.54, 1.807) is 0 Å². The Labute approximate surface area is 401 Å². The summed E-state index contributed by atoms with van der Waals surface area (Å²) >= 11 is 0. The SMILES string of the molecule is c1ccc(-c2ccc3c(c2)c2c(N(c4ccccc4)c4cccc5c4-c4ccccc4C5(c4ccccc4)c4ccccc4)cc4ccccc4c2n3-c2cc3ccccc3c3ccccc23)cc1. The number of anilines is 3. The number of hydrogen-bond donors (Lipinski definition) is 0. The summed E-state index contributed by atoms with van der Waals surface area (Å²) in [6.07, 6.45) is 0. The summed E-state index contributed by atoms with van der Waals surface area (Å²) in [5.74, 6) is 0. The van der Waals surface area contributed by atoms with Gasteiger partial charge in [-0.15, -0.1) is 0 Å². The quantitative estimate of drug-likeness (QED) is 0.145. The van der Waals surface area contributed by atoms with Crippen molar-refractivity contribution in [1.82, 2.24) is 4.57 Å². The van der Waals surface area contributed by atoms with Crippen molar-refractivity contribution < 1.29 is 0 Å². The molecular weight excluding hydrogens is 833 g/mol. The highest BCUT2D eigenvalue weighted by atomic mass is 15.2. The number of nitrogens with zero attached hydrogens (tertiary/aromatic N) is 2. The third-order valence-electron chi connectivity index (χ3n) is 14.8. The van der Waals surface area contributed by atoms with Gasteiger partial charge < -0.3 is 9.47 Å². The van der Waals surface area contributed by atoms with Crippen LogP contribution in [0, 0.1) is 0 Å². The van der Waals surface area contributed by atoms with E-state index in [2.05, 4.69) is 276 Å². The Hall–Kier alpha value is -8.98. The molecule has 1 aromatic heterocycles. The molecule has 0 spiro atoms. The second kappa shape index (κ2) is 15.6. The molecule has 0 radical (unpaired) electrons. The first-order valence-corrected chi connectivity index (χ1v) is 23.9. The highest BCUT2D eigenvalue weighted by molar-refractivity contribution is 6.26. The van der Waals surface area contributed by atoms with E-state index >= 15 is 0 Å². The first-order chi connectivity index (χ1) is 34.3. The molecule has 0 saturated heterocycles. The standard InChI is InChI=1S/C67H44N2/c1-5-22-45(23-6-1)46-40-41-60-57(42-46)65-63(44-48-25-14-16-33-53(48)66(65)69(60)62-43-47-24-13-15-32-52(47)54-34-17-18-35-55(54)62)68(51-30-11-4-12-31-51)61-39-21-38-59-64(61)56-36-19-20-37-58(56)67(59,49-26-7-2-8-27-49)50-28-9-3-10-29-50/h1-44H. The monoisotopic (exact) mass is 876 g/mol. The van der Waals surface area contributed by atoms with E-state index in [1.807, 2.05) is 0 Å². The van der Waals surface area contributed by atoms with Crippen molar-refractivity contribution in [2.45, 2.75) is 5.41 Å². The van der Waals surface area contributed by atoms with Gasteiger partial charge in [0.2, 0.25) is 0 Å². The maximum absolute atomic E-state index is 2.57. The van der Waals surface area contributed by atoms with Crippen LogP contribution < -0.4 is 4.90 Å². The molecule has 0 unspecified atom stereocenters. The Balaban J connectivity index is 1.16. The third-order valence-corrected chi connectivity index (χ3v) is 14.8. The lowest BCUT2D eigenvalue weighted by atomic mass is 9.68. The Morgan fingerprint density at radius 2 is 0.913 bits per heavy atom. The number of benzene rings is 12. The molecule has 0 amide bonds. The summed E-state index contributed by atoms with van der Waals surface area (Å²) in [5.41, 5.74) is 16.2. The fourth-order valence-electron chi connectivity index (χ4n) is 12.0. The van der Waals surface area contributed by atoms with E-state index in [4.69, 9.17) is 0 Å². The van der Waals surface area contributed by atoms with E-state index in [0.717, 1.165) is 28.3 Å². The smallest absolute Gasteiger partial charge is 0.0714 e. The molecule has 0 aliphatic heterocycles. The predicted octanol–water partition coefficient (Wildman–Crippen LogP) is 17.7. The maximum atomic E-state index is 2.57. The second-order valence-corrected chi connectivity index (χ2v) is 18.3. The molecule has 0 bridgehead atoms. The van der Waals surface area contributed by atoms with Crippen LogP contribution >= 0.6 is 0 Å². The molecule has 2 nitrogen and oxygen atoms in total. The summed E-state index contributed by atoms with van der Waals surface area (Å²) < 4.78 is 2.57. The average molecular weight is 877 g/mol. The van der Waals surface area contributed by atoms with Gasteiger partial charge >= 0.3 is 0 Å². The number of aromatic nitrogens is 1. The minimum Gasteiger partial charge on any atom is -0.309 e. The van der Waals surface area contributed by atoms with Crippen LogP contribution in [0.5, 0.6) is 0 Å². The van der Waals surface area contributed by atoms with Crippen LogP contribution in [-0.4, -0.2) is 4.57 Å². The van der Waals surface area contributed by atoms with Gasteiger partial charge in [-0.1, -0.05) is 224 Å². The summed E-state index contributed by atoms with van der Waals surface area (Å²) in [4.78, 5) is 2.56. The normalized spacial score (nSPS) is 12.8. The van der Waals surface area contributed by atoms with Crippen LogP contribution in [-0.2, 0) is 5.41 Å². The van der Waals surface area contributed by atoms with Gasteiger partial charge in [0.25, 0.3) is 0 Å². The van der Waals surface area contributed by atoms with Gasteiger partial charge in [-0.3, -0.25) is 0 Å². The minimum atomic E-state index is -0.552. The molecule has 14 rings (SSSR count). The van der Waals surface area contributed by atoms with Crippen LogP contribution in [0.3, 0.4) is 0 Å². The van der Waals surface area contributed by atoms with Gasteiger partial charge in [-0.05, 0) is 103 Å². The molecule has 0 saturated carbocycles. The van der Waals surface area contributed by atoms with E-state index in [1.165, 1.54) is 93.1 Å². The molecule has 0 fully saturated rings. The second-order valence-electron chi connectivity index (χ2n) is 18.3. The molecule has 1 aliphatic rings.